The van der Waals surface area contributed by atoms with E-state index >= 15 is 0 Å². The van der Waals surface area contributed by atoms with E-state index in [9.17, 15) is 0 Å². The summed E-state index contributed by atoms with van der Waals surface area (Å²) in [5.41, 5.74) is 2.49. The Morgan fingerprint density at radius 3 is 2.47 bits per heavy atom. The lowest BCUT2D eigenvalue weighted by molar-refractivity contribution is 0.578. The molecule has 17 heavy (non-hydrogen) atoms. The molecule has 0 bridgehead atoms. The second kappa shape index (κ2) is 6.20. The van der Waals surface area contributed by atoms with Crippen molar-refractivity contribution in [1.29, 1.82) is 0 Å². The third kappa shape index (κ3) is 3.42. The van der Waals surface area contributed by atoms with E-state index in [4.69, 9.17) is 0 Å². The van der Waals surface area contributed by atoms with Crippen molar-refractivity contribution >= 4 is 11.4 Å². The zero-order valence-electron chi connectivity index (χ0n) is 10.5. The van der Waals surface area contributed by atoms with Crippen LogP contribution < -0.4 is 10.2 Å². The van der Waals surface area contributed by atoms with Crippen LogP contribution in [-0.4, -0.2) is 19.6 Å². The van der Waals surface area contributed by atoms with Crippen LogP contribution in [0.5, 0.6) is 0 Å². The minimum Gasteiger partial charge on any atom is -0.374 e. The highest BCUT2D eigenvalue weighted by molar-refractivity contribution is 5.55. The van der Waals surface area contributed by atoms with E-state index in [-0.39, 0.29) is 0 Å². The van der Waals surface area contributed by atoms with Crippen molar-refractivity contribution < 1.29 is 0 Å². The first kappa shape index (κ1) is 11.9. The Balaban J connectivity index is 1.93. The maximum atomic E-state index is 3.28. The summed E-state index contributed by atoms with van der Waals surface area (Å²) >= 11 is 0. The van der Waals surface area contributed by atoms with Gasteiger partial charge in [-0.05, 0) is 50.5 Å². The number of hydrogen-bond acceptors (Lipinski definition) is 2. The standard InChI is InChI=1S/C15H20N2/c1-2-3-11-16-14-7-9-15(10-8-14)17-12-5-4-6-13-17/h7-10,16H,4-6,11-13H2,1H3. The maximum Gasteiger partial charge on any atom is 0.0765 e. The van der Waals surface area contributed by atoms with Gasteiger partial charge in [0.15, 0.2) is 0 Å². The highest BCUT2D eigenvalue weighted by Gasteiger charge is 2.10. The molecular formula is C15H20N2. The van der Waals surface area contributed by atoms with Crippen LogP contribution in [0.2, 0.25) is 0 Å². The average molecular weight is 228 g/mol. The second-order valence-electron chi connectivity index (χ2n) is 4.37. The number of rotatable bonds is 3. The number of piperidine rings is 1. The Hall–Kier alpha value is -1.62. The Morgan fingerprint density at radius 1 is 1.12 bits per heavy atom. The lowest BCUT2D eigenvalue weighted by Gasteiger charge is -2.28. The molecule has 2 heteroatoms. The van der Waals surface area contributed by atoms with Crippen LogP contribution in [0.3, 0.4) is 0 Å². The molecule has 0 saturated carbocycles. The molecule has 0 radical (unpaired) electrons. The number of benzene rings is 1. The van der Waals surface area contributed by atoms with Crippen LogP contribution in [0.15, 0.2) is 24.3 Å². The quantitative estimate of drug-likeness (QED) is 0.800. The Kier molecular flexibility index (Phi) is 4.32. The lowest BCUT2D eigenvalue weighted by atomic mass is 10.1. The first-order valence-electron chi connectivity index (χ1n) is 6.38. The molecule has 1 aromatic rings. The van der Waals surface area contributed by atoms with E-state index in [1.807, 2.05) is 6.92 Å². The second-order valence-corrected chi connectivity index (χ2v) is 4.37. The molecule has 1 N–H and O–H groups in total. The number of hydrogen-bond donors (Lipinski definition) is 1. The summed E-state index contributed by atoms with van der Waals surface area (Å²) in [6.45, 7) is 4.99. The number of anilines is 2. The smallest absolute Gasteiger partial charge is 0.0765 e. The van der Waals surface area contributed by atoms with Crippen LogP contribution in [0.4, 0.5) is 11.4 Å². The summed E-state index contributed by atoms with van der Waals surface area (Å²) in [7, 11) is 0. The fourth-order valence-corrected chi connectivity index (χ4v) is 2.18. The van der Waals surface area contributed by atoms with Crippen molar-refractivity contribution in [2.24, 2.45) is 0 Å². The molecule has 2 nitrogen and oxygen atoms in total. The van der Waals surface area contributed by atoms with Crippen molar-refractivity contribution in [1.82, 2.24) is 0 Å². The molecule has 0 aliphatic carbocycles. The van der Waals surface area contributed by atoms with Crippen LogP contribution in [0, 0.1) is 11.8 Å². The third-order valence-electron chi connectivity index (χ3n) is 3.15. The Bertz CT molecular complexity index is 391. The summed E-state index contributed by atoms with van der Waals surface area (Å²) in [4.78, 5) is 2.47. The van der Waals surface area contributed by atoms with E-state index in [0.29, 0.717) is 0 Å². The molecule has 0 amide bonds. The predicted octanol–water partition coefficient (Wildman–Crippen LogP) is 3.11. The van der Waals surface area contributed by atoms with Gasteiger partial charge >= 0.3 is 0 Å². The summed E-state index contributed by atoms with van der Waals surface area (Å²) in [5, 5.41) is 3.28. The van der Waals surface area contributed by atoms with Crippen molar-refractivity contribution in [2.75, 3.05) is 29.9 Å². The number of nitrogens with zero attached hydrogens (tertiary/aromatic N) is 1. The van der Waals surface area contributed by atoms with Crippen LogP contribution in [0.25, 0.3) is 0 Å². The van der Waals surface area contributed by atoms with Gasteiger partial charge < -0.3 is 10.2 Å². The molecule has 0 aromatic heterocycles. The summed E-state index contributed by atoms with van der Waals surface area (Å²) in [6, 6.07) is 8.68. The largest absolute Gasteiger partial charge is 0.374 e. The molecule has 1 saturated heterocycles. The van der Waals surface area contributed by atoms with Crippen LogP contribution in [-0.2, 0) is 0 Å². The molecule has 1 fully saturated rings. The summed E-state index contributed by atoms with van der Waals surface area (Å²) in [6.07, 6.45) is 4.03. The first-order valence-corrected chi connectivity index (χ1v) is 6.38. The minimum atomic E-state index is 0.722. The van der Waals surface area contributed by atoms with Crippen molar-refractivity contribution in [3.63, 3.8) is 0 Å². The van der Waals surface area contributed by atoms with Gasteiger partial charge in [-0.2, -0.15) is 0 Å². The van der Waals surface area contributed by atoms with Crippen molar-refractivity contribution in [3.8, 4) is 11.8 Å². The Labute approximate surface area is 104 Å². The van der Waals surface area contributed by atoms with E-state index in [0.717, 1.165) is 12.2 Å². The third-order valence-corrected chi connectivity index (χ3v) is 3.15. The van der Waals surface area contributed by atoms with Crippen molar-refractivity contribution in [3.05, 3.63) is 24.3 Å². The molecule has 1 aliphatic heterocycles. The molecule has 1 aliphatic rings. The van der Waals surface area contributed by atoms with Gasteiger partial charge in [0, 0.05) is 24.5 Å². The lowest BCUT2D eigenvalue weighted by Crippen LogP contribution is -2.29. The zero-order chi connectivity index (χ0) is 11.9. The van der Waals surface area contributed by atoms with Gasteiger partial charge in [-0.1, -0.05) is 5.92 Å². The molecule has 0 atom stereocenters. The first-order chi connectivity index (χ1) is 8.40. The molecular weight excluding hydrogens is 208 g/mol. The topological polar surface area (TPSA) is 15.3 Å². The van der Waals surface area contributed by atoms with Gasteiger partial charge in [-0.25, -0.2) is 0 Å². The molecule has 1 aromatic carbocycles. The van der Waals surface area contributed by atoms with Gasteiger partial charge in [-0.3, -0.25) is 0 Å². The molecule has 0 unspecified atom stereocenters. The zero-order valence-corrected chi connectivity index (χ0v) is 10.5. The van der Waals surface area contributed by atoms with Gasteiger partial charge in [0.2, 0.25) is 0 Å². The number of nitrogens with one attached hydrogen (secondary N) is 1. The van der Waals surface area contributed by atoms with E-state index in [1.165, 1.54) is 38.0 Å². The van der Waals surface area contributed by atoms with Crippen LogP contribution >= 0.6 is 0 Å². The highest BCUT2D eigenvalue weighted by Crippen LogP contribution is 2.21. The molecule has 2 rings (SSSR count). The van der Waals surface area contributed by atoms with Crippen molar-refractivity contribution in [2.45, 2.75) is 26.2 Å². The van der Waals surface area contributed by atoms with Gasteiger partial charge in [0.1, 0.15) is 0 Å². The van der Waals surface area contributed by atoms with E-state index < -0.39 is 0 Å². The monoisotopic (exact) mass is 228 g/mol. The normalized spacial score (nSPS) is 15.0. The van der Waals surface area contributed by atoms with Crippen LogP contribution in [0.1, 0.15) is 26.2 Å². The summed E-state index contributed by atoms with van der Waals surface area (Å²) in [5.74, 6) is 5.88. The molecule has 90 valence electrons. The molecule has 1 heterocycles. The highest BCUT2D eigenvalue weighted by atomic mass is 15.1. The SMILES string of the molecule is CC#CCNc1ccc(N2CCCCC2)cc1. The van der Waals surface area contributed by atoms with Gasteiger partial charge in [-0.15, -0.1) is 5.92 Å². The maximum absolute atomic E-state index is 3.28. The van der Waals surface area contributed by atoms with E-state index in [2.05, 4.69) is 46.3 Å². The summed E-state index contributed by atoms with van der Waals surface area (Å²) < 4.78 is 0. The fraction of sp³-hybridized carbons (Fsp3) is 0.467. The Morgan fingerprint density at radius 2 is 1.82 bits per heavy atom. The van der Waals surface area contributed by atoms with E-state index in [1.54, 1.807) is 0 Å². The average Bonchev–Trinajstić information content (AvgIpc) is 2.41. The molecule has 0 spiro atoms. The fourth-order valence-electron chi connectivity index (χ4n) is 2.18. The minimum absolute atomic E-state index is 0.722. The van der Waals surface area contributed by atoms with Gasteiger partial charge in [0.05, 0.1) is 6.54 Å². The predicted molar refractivity (Wildman–Crippen MR) is 74.4 cm³/mol. The van der Waals surface area contributed by atoms with Gasteiger partial charge in [0.25, 0.3) is 0 Å².